The maximum absolute atomic E-state index is 6.20. The Bertz CT molecular complexity index is 315. The Balaban J connectivity index is 4.45. The molecule has 0 spiro atoms. The largest absolute Gasteiger partial charge is 0.359 e. The molecule has 0 N–H and O–H groups in total. The number of hydrogen-bond acceptors (Lipinski definition) is 1. The summed E-state index contributed by atoms with van der Waals surface area (Å²) in [4.78, 5) is 0. The summed E-state index contributed by atoms with van der Waals surface area (Å²) < 4.78 is 6.20. The van der Waals surface area contributed by atoms with Crippen LogP contribution in [0.4, 0.5) is 0 Å². The highest BCUT2D eigenvalue weighted by Gasteiger charge is 2.06. The topological polar surface area (TPSA) is 9.23 Å². The molecule has 0 aliphatic rings. The van der Waals surface area contributed by atoms with Crippen LogP contribution in [0.15, 0.2) is 48.6 Å². The lowest BCUT2D eigenvalue weighted by molar-refractivity contribution is 0.0958. The molecule has 132 valence electrons. The fourth-order valence-corrected chi connectivity index (χ4v) is 2.36. The molecule has 0 aromatic heterocycles. The zero-order chi connectivity index (χ0) is 17.2. The molecule has 2 atom stereocenters. The molecule has 0 aliphatic heterocycles. The van der Waals surface area contributed by atoms with Crippen molar-refractivity contribution in [3.8, 4) is 0 Å². The third kappa shape index (κ3) is 14.3. The number of unbranched alkanes of at least 4 members (excludes halogenated alkanes) is 6. The van der Waals surface area contributed by atoms with E-state index in [-0.39, 0.29) is 12.2 Å². The van der Waals surface area contributed by atoms with Crippen molar-refractivity contribution in [2.75, 3.05) is 0 Å². The van der Waals surface area contributed by atoms with Crippen LogP contribution in [-0.4, -0.2) is 12.2 Å². The van der Waals surface area contributed by atoms with E-state index >= 15 is 0 Å². The van der Waals surface area contributed by atoms with Crippen LogP contribution in [0.3, 0.4) is 0 Å². The van der Waals surface area contributed by atoms with Crippen molar-refractivity contribution in [3.05, 3.63) is 48.6 Å². The molecule has 0 amide bonds. The van der Waals surface area contributed by atoms with Gasteiger partial charge in [0.15, 0.2) is 0 Å². The van der Waals surface area contributed by atoms with Crippen molar-refractivity contribution in [2.24, 2.45) is 0 Å². The molecule has 0 saturated heterocycles. The molecule has 0 fully saturated rings. The van der Waals surface area contributed by atoms with E-state index in [1.165, 1.54) is 38.5 Å². The second-order valence-electron chi connectivity index (χ2n) is 5.96. The highest BCUT2D eigenvalue weighted by atomic mass is 16.5. The molecular weight excluding hydrogens is 280 g/mol. The zero-order valence-corrected chi connectivity index (χ0v) is 15.8. The van der Waals surface area contributed by atoms with Gasteiger partial charge < -0.3 is 4.74 Å². The van der Waals surface area contributed by atoms with Crippen molar-refractivity contribution in [1.29, 1.82) is 0 Å². The van der Waals surface area contributed by atoms with Gasteiger partial charge in [-0.05, 0) is 39.5 Å². The van der Waals surface area contributed by atoms with Crippen LogP contribution in [-0.2, 0) is 4.74 Å². The first-order chi connectivity index (χ1) is 11.3. The Kier molecular flexibility index (Phi) is 16.5. The molecule has 0 aliphatic carbocycles. The number of rotatable bonds is 14. The molecule has 0 aromatic carbocycles. The third-order valence-electron chi connectivity index (χ3n) is 3.68. The molecule has 23 heavy (non-hydrogen) atoms. The summed E-state index contributed by atoms with van der Waals surface area (Å²) in [5.74, 6) is 0. The van der Waals surface area contributed by atoms with Crippen LogP contribution < -0.4 is 0 Å². The highest BCUT2D eigenvalue weighted by Crippen LogP contribution is 2.09. The van der Waals surface area contributed by atoms with E-state index < -0.39 is 0 Å². The van der Waals surface area contributed by atoms with E-state index in [2.05, 4.69) is 62.5 Å². The minimum atomic E-state index is 0.0584. The van der Waals surface area contributed by atoms with Crippen molar-refractivity contribution in [1.82, 2.24) is 0 Å². The first kappa shape index (κ1) is 21.9. The molecule has 0 heterocycles. The average Bonchev–Trinajstić information content (AvgIpc) is 2.54. The summed E-state index contributed by atoms with van der Waals surface area (Å²) in [6.45, 7) is 8.58. The number of ether oxygens (including phenoxy) is 1. The van der Waals surface area contributed by atoms with Crippen molar-refractivity contribution >= 4 is 0 Å². The molecular formula is C22H38O. The SMILES string of the molecule is CC=CC(C=CCCCCC)OC(C=CC)C=CCCCCC. The van der Waals surface area contributed by atoms with Gasteiger partial charge in [-0.2, -0.15) is 0 Å². The van der Waals surface area contributed by atoms with Gasteiger partial charge in [0, 0.05) is 0 Å². The fraction of sp³-hybridized carbons (Fsp3) is 0.636. The quantitative estimate of drug-likeness (QED) is 0.244. The maximum atomic E-state index is 6.20. The predicted molar refractivity (Wildman–Crippen MR) is 105 cm³/mol. The van der Waals surface area contributed by atoms with Gasteiger partial charge in [-0.15, -0.1) is 0 Å². The normalized spacial score (nSPS) is 15.5. The van der Waals surface area contributed by atoms with Gasteiger partial charge in [-0.25, -0.2) is 0 Å². The highest BCUT2D eigenvalue weighted by molar-refractivity contribution is 5.07. The summed E-state index contributed by atoms with van der Waals surface area (Å²) >= 11 is 0. The number of hydrogen-bond donors (Lipinski definition) is 0. The molecule has 0 rings (SSSR count). The van der Waals surface area contributed by atoms with Gasteiger partial charge in [0.2, 0.25) is 0 Å². The minimum absolute atomic E-state index is 0.0584. The Morgan fingerprint density at radius 2 is 1.09 bits per heavy atom. The summed E-state index contributed by atoms with van der Waals surface area (Å²) in [7, 11) is 0. The third-order valence-corrected chi connectivity index (χ3v) is 3.68. The van der Waals surface area contributed by atoms with E-state index in [0.29, 0.717) is 0 Å². The number of allylic oxidation sites excluding steroid dienone is 4. The average molecular weight is 319 g/mol. The maximum Gasteiger partial charge on any atom is 0.0949 e. The molecule has 0 saturated carbocycles. The van der Waals surface area contributed by atoms with Crippen LogP contribution in [0, 0.1) is 0 Å². The smallest absolute Gasteiger partial charge is 0.0949 e. The van der Waals surface area contributed by atoms with Gasteiger partial charge in [0.05, 0.1) is 12.2 Å². The first-order valence-corrected chi connectivity index (χ1v) is 9.52. The lowest BCUT2D eigenvalue weighted by atomic mass is 10.1. The summed E-state index contributed by atoms with van der Waals surface area (Å²) in [6, 6.07) is 0. The molecule has 1 nitrogen and oxygen atoms in total. The summed E-state index contributed by atoms with van der Waals surface area (Å²) in [5, 5.41) is 0. The molecule has 0 bridgehead atoms. The van der Waals surface area contributed by atoms with Gasteiger partial charge in [-0.3, -0.25) is 0 Å². The van der Waals surface area contributed by atoms with Crippen molar-refractivity contribution in [3.63, 3.8) is 0 Å². The van der Waals surface area contributed by atoms with E-state index in [1.807, 2.05) is 13.8 Å². The fourth-order valence-electron chi connectivity index (χ4n) is 2.36. The zero-order valence-electron chi connectivity index (χ0n) is 15.8. The van der Waals surface area contributed by atoms with E-state index in [4.69, 9.17) is 4.74 Å². The second-order valence-corrected chi connectivity index (χ2v) is 5.96. The molecule has 1 heteroatoms. The lowest BCUT2D eigenvalue weighted by Gasteiger charge is -2.15. The summed E-state index contributed by atoms with van der Waals surface area (Å²) in [5.41, 5.74) is 0. The summed E-state index contributed by atoms with van der Waals surface area (Å²) in [6.07, 6.45) is 27.4. The predicted octanol–water partition coefficient (Wildman–Crippen LogP) is 7.17. The van der Waals surface area contributed by atoms with Crippen molar-refractivity contribution in [2.45, 2.75) is 91.3 Å². The Labute approximate surface area is 145 Å². The molecule has 0 aromatic rings. The standard InChI is InChI=1S/C22H38O/c1-5-9-11-13-15-19-21(17-7-3)23-22(18-8-4)20-16-14-12-10-6-2/h7-8,15-22H,5-6,9-14H2,1-4H3. The van der Waals surface area contributed by atoms with E-state index in [9.17, 15) is 0 Å². The Morgan fingerprint density at radius 1 is 0.652 bits per heavy atom. The van der Waals surface area contributed by atoms with Crippen molar-refractivity contribution < 1.29 is 4.74 Å². The minimum Gasteiger partial charge on any atom is -0.359 e. The van der Waals surface area contributed by atoms with Gasteiger partial charge in [0.25, 0.3) is 0 Å². The van der Waals surface area contributed by atoms with Crippen LogP contribution in [0.5, 0.6) is 0 Å². The van der Waals surface area contributed by atoms with Gasteiger partial charge in [-0.1, -0.05) is 88.1 Å². The first-order valence-electron chi connectivity index (χ1n) is 9.52. The molecule has 0 radical (unpaired) electrons. The van der Waals surface area contributed by atoms with Gasteiger partial charge in [0.1, 0.15) is 0 Å². The van der Waals surface area contributed by atoms with Gasteiger partial charge >= 0.3 is 0 Å². The van der Waals surface area contributed by atoms with E-state index in [0.717, 1.165) is 12.8 Å². The second kappa shape index (κ2) is 17.3. The monoisotopic (exact) mass is 318 g/mol. The van der Waals surface area contributed by atoms with Crippen LogP contribution >= 0.6 is 0 Å². The molecule has 2 unspecified atom stereocenters. The van der Waals surface area contributed by atoms with Crippen LogP contribution in [0.25, 0.3) is 0 Å². The van der Waals surface area contributed by atoms with Crippen LogP contribution in [0.2, 0.25) is 0 Å². The Morgan fingerprint density at radius 3 is 1.43 bits per heavy atom. The lowest BCUT2D eigenvalue weighted by Crippen LogP contribution is -2.15. The van der Waals surface area contributed by atoms with Crippen LogP contribution in [0.1, 0.15) is 79.1 Å². The Hall–Kier alpha value is -1.08. The van der Waals surface area contributed by atoms with E-state index in [1.54, 1.807) is 0 Å².